The Bertz CT molecular complexity index is 1290. The zero-order chi connectivity index (χ0) is 23.8. The molecule has 1 fully saturated rings. The Kier molecular flexibility index (Phi) is 5.91. The van der Waals surface area contributed by atoms with E-state index in [1.807, 2.05) is 30.3 Å². The summed E-state index contributed by atoms with van der Waals surface area (Å²) in [5, 5.41) is 6.02. The van der Waals surface area contributed by atoms with Gasteiger partial charge in [-0.05, 0) is 24.6 Å². The van der Waals surface area contributed by atoms with Crippen LogP contribution in [-0.4, -0.2) is 58.1 Å². The van der Waals surface area contributed by atoms with Gasteiger partial charge in [0.2, 0.25) is 5.91 Å². The third-order valence-electron chi connectivity index (χ3n) is 5.56. The summed E-state index contributed by atoms with van der Waals surface area (Å²) in [5.41, 5.74) is 1.82. The molecule has 0 unspecified atom stereocenters. The maximum absolute atomic E-state index is 13.0. The fourth-order valence-electron chi connectivity index (χ4n) is 3.85. The molecule has 1 saturated heterocycles. The predicted octanol–water partition coefficient (Wildman–Crippen LogP) is 1.03. The molecule has 4 rings (SSSR count). The van der Waals surface area contributed by atoms with E-state index in [-0.39, 0.29) is 12.1 Å². The van der Waals surface area contributed by atoms with Crippen molar-refractivity contribution < 1.29 is 27.4 Å². The molecule has 33 heavy (non-hydrogen) atoms. The number of para-hydroxylation sites is 1. The molecule has 3 amide bonds. The van der Waals surface area contributed by atoms with Gasteiger partial charge in [-0.3, -0.25) is 18.9 Å². The molecule has 3 atom stereocenters. The quantitative estimate of drug-likeness (QED) is 0.299. The number of carbonyl (C=O) groups is 3. The van der Waals surface area contributed by atoms with Gasteiger partial charge in [0.25, 0.3) is 11.8 Å². The molecule has 4 N–H and O–H groups in total. The van der Waals surface area contributed by atoms with Crippen molar-refractivity contribution >= 4 is 38.9 Å². The molecule has 172 valence electrons. The SMILES string of the molecule is C[C@H]1[C@H](NC(=O)[C@H](Cc2ccccc2)NC(=O)c2cc3ccccc3[nH]2)C(=O)N1S(=O)(=O)O. The second kappa shape index (κ2) is 8.68. The van der Waals surface area contributed by atoms with E-state index in [2.05, 4.69) is 15.6 Å². The van der Waals surface area contributed by atoms with Crippen LogP contribution in [0.4, 0.5) is 0 Å². The smallest absolute Gasteiger partial charge is 0.351 e. The van der Waals surface area contributed by atoms with E-state index >= 15 is 0 Å². The summed E-state index contributed by atoms with van der Waals surface area (Å²) in [5.74, 6) is -2.10. The van der Waals surface area contributed by atoms with E-state index in [0.717, 1.165) is 16.5 Å². The van der Waals surface area contributed by atoms with Gasteiger partial charge in [0.1, 0.15) is 17.8 Å². The van der Waals surface area contributed by atoms with Gasteiger partial charge < -0.3 is 15.6 Å². The molecule has 0 radical (unpaired) electrons. The Labute approximate surface area is 189 Å². The zero-order valence-corrected chi connectivity index (χ0v) is 18.4. The molecule has 0 bridgehead atoms. The zero-order valence-electron chi connectivity index (χ0n) is 17.6. The van der Waals surface area contributed by atoms with Crippen LogP contribution in [0.25, 0.3) is 10.9 Å². The van der Waals surface area contributed by atoms with Gasteiger partial charge in [-0.2, -0.15) is 8.42 Å². The first kappa shape index (κ1) is 22.5. The third-order valence-corrected chi connectivity index (χ3v) is 6.57. The van der Waals surface area contributed by atoms with Crippen LogP contribution in [-0.2, 0) is 26.3 Å². The van der Waals surface area contributed by atoms with Gasteiger partial charge in [0.15, 0.2) is 0 Å². The lowest BCUT2D eigenvalue weighted by molar-refractivity contribution is -0.145. The van der Waals surface area contributed by atoms with Crippen molar-refractivity contribution in [2.45, 2.75) is 31.5 Å². The first-order chi connectivity index (χ1) is 15.6. The summed E-state index contributed by atoms with van der Waals surface area (Å²) in [6, 6.07) is 14.9. The number of benzene rings is 2. The molecule has 2 aromatic carbocycles. The molecule has 11 heteroatoms. The number of hydrogen-bond donors (Lipinski definition) is 4. The summed E-state index contributed by atoms with van der Waals surface area (Å²) >= 11 is 0. The molecule has 3 aromatic rings. The number of H-pyrrole nitrogens is 1. The standard InChI is InChI=1S/C22H22N4O6S/c1-13-19(22(29)26(13)33(30,31)32)25-21(28)17(11-14-7-3-2-4-8-14)24-20(27)18-12-15-9-5-6-10-16(15)23-18/h2-10,12-13,17,19,23H,11H2,1H3,(H,24,27)(H,25,28)(H,30,31,32)/t13-,17-,19-/m0/s1. The van der Waals surface area contributed by atoms with Crippen LogP contribution >= 0.6 is 0 Å². The fourth-order valence-corrected chi connectivity index (χ4v) is 4.73. The summed E-state index contributed by atoms with van der Waals surface area (Å²) in [6.45, 7) is 1.38. The highest BCUT2D eigenvalue weighted by Gasteiger charge is 2.51. The van der Waals surface area contributed by atoms with Crippen LogP contribution in [0.15, 0.2) is 60.7 Å². The first-order valence-electron chi connectivity index (χ1n) is 10.2. The van der Waals surface area contributed by atoms with Crippen LogP contribution in [0.1, 0.15) is 23.0 Å². The molecule has 1 aliphatic rings. The largest absolute Gasteiger partial charge is 0.362 e. The Morgan fingerprint density at radius 1 is 1.12 bits per heavy atom. The highest BCUT2D eigenvalue weighted by atomic mass is 32.2. The second-order valence-corrected chi connectivity index (χ2v) is 9.11. The Balaban J connectivity index is 1.52. The summed E-state index contributed by atoms with van der Waals surface area (Å²) in [6.07, 6.45) is 0.149. The molecule has 0 aliphatic carbocycles. The van der Waals surface area contributed by atoms with Crippen molar-refractivity contribution in [3.05, 3.63) is 71.9 Å². The number of rotatable bonds is 7. The van der Waals surface area contributed by atoms with Gasteiger partial charge in [-0.25, -0.2) is 4.31 Å². The molecule has 0 saturated carbocycles. The van der Waals surface area contributed by atoms with Crippen molar-refractivity contribution in [1.82, 2.24) is 19.9 Å². The van der Waals surface area contributed by atoms with Crippen molar-refractivity contribution in [3.8, 4) is 0 Å². The van der Waals surface area contributed by atoms with E-state index < -0.39 is 46.2 Å². The first-order valence-corrected chi connectivity index (χ1v) is 11.6. The van der Waals surface area contributed by atoms with E-state index in [9.17, 15) is 22.8 Å². The number of nitrogens with one attached hydrogen (secondary N) is 3. The van der Waals surface area contributed by atoms with Crippen molar-refractivity contribution in [2.24, 2.45) is 0 Å². The average Bonchev–Trinajstić information content (AvgIpc) is 3.21. The van der Waals surface area contributed by atoms with Crippen LogP contribution in [0.3, 0.4) is 0 Å². The van der Waals surface area contributed by atoms with E-state index in [0.29, 0.717) is 4.31 Å². The Morgan fingerprint density at radius 2 is 1.79 bits per heavy atom. The average molecular weight is 471 g/mol. The number of carbonyl (C=O) groups excluding carboxylic acids is 3. The van der Waals surface area contributed by atoms with Gasteiger partial charge >= 0.3 is 10.3 Å². The Hall–Kier alpha value is -3.70. The van der Waals surface area contributed by atoms with Crippen molar-refractivity contribution in [3.63, 3.8) is 0 Å². The minimum atomic E-state index is -4.71. The maximum Gasteiger partial charge on any atom is 0.362 e. The van der Waals surface area contributed by atoms with Crippen LogP contribution in [0.2, 0.25) is 0 Å². The summed E-state index contributed by atoms with van der Waals surface area (Å²) < 4.78 is 32.1. The number of aromatic nitrogens is 1. The highest BCUT2D eigenvalue weighted by molar-refractivity contribution is 7.84. The van der Waals surface area contributed by atoms with Crippen molar-refractivity contribution in [1.29, 1.82) is 0 Å². The number of fused-ring (bicyclic) bond motifs is 1. The lowest BCUT2D eigenvalue weighted by atomic mass is 9.99. The maximum atomic E-state index is 13.0. The lowest BCUT2D eigenvalue weighted by Gasteiger charge is -2.42. The predicted molar refractivity (Wildman–Crippen MR) is 119 cm³/mol. The monoisotopic (exact) mass is 470 g/mol. The minimum Gasteiger partial charge on any atom is -0.351 e. The minimum absolute atomic E-state index is 0.149. The number of β-lactam (4-membered cyclic amide) rings is 1. The highest BCUT2D eigenvalue weighted by Crippen LogP contribution is 2.23. The normalized spacial score (nSPS) is 19.1. The molecule has 1 aliphatic heterocycles. The van der Waals surface area contributed by atoms with Crippen LogP contribution in [0.5, 0.6) is 0 Å². The Morgan fingerprint density at radius 3 is 2.42 bits per heavy atom. The van der Waals surface area contributed by atoms with Crippen LogP contribution < -0.4 is 10.6 Å². The van der Waals surface area contributed by atoms with Gasteiger partial charge in [-0.1, -0.05) is 48.5 Å². The number of amides is 3. The molecule has 10 nitrogen and oxygen atoms in total. The summed E-state index contributed by atoms with van der Waals surface area (Å²) in [4.78, 5) is 41.1. The van der Waals surface area contributed by atoms with E-state index in [4.69, 9.17) is 4.55 Å². The second-order valence-electron chi connectivity index (χ2n) is 7.82. The fraction of sp³-hybridized carbons (Fsp3) is 0.227. The van der Waals surface area contributed by atoms with Gasteiger partial charge in [-0.15, -0.1) is 0 Å². The topological polar surface area (TPSA) is 149 Å². The number of aromatic amines is 1. The molecular weight excluding hydrogens is 448 g/mol. The van der Waals surface area contributed by atoms with Crippen LogP contribution in [0, 0.1) is 0 Å². The van der Waals surface area contributed by atoms with Gasteiger partial charge in [0.05, 0.1) is 6.04 Å². The number of hydrogen-bond acceptors (Lipinski definition) is 5. The molecular formula is C22H22N4O6S. The van der Waals surface area contributed by atoms with E-state index in [1.165, 1.54) is 6.92 Å². The van der Waals surface area contributed by atoms with Gasteiger partial charge in [0, 0.05) is 17.3 Å². The lowest BCUT2D eigenvalue weighted by Crippen LogP contribution is -2.71. The van der Waals surface area contributed by atoms with E-state index in [1.54, 1.807) is 30.3 Å². The molecule has 0 spiro atoms. The third kappa shape index (κ3) is 4.59. The molecule has 1 aromatic heterocycles. The molecule has 2 heterocycles. The number of nitrogens with zero attached hydrogens (tertiary/aromatic N) is 1. The van der Waals surface area contributed by atoms with Crippen molar-refractivity contribution in [2.75, 3.05) is 0 Å². The summed E-state index contributed by atoms with van der Waals surface area (Å²) in [7, 11) is -4.71.